The Morgan fingerprint density at radius 2 is 2.05 bits per heavy atom. The van der Waals surface area contributed by atoms with Gasteiger partial charge >= 0.3 is 0 Å². The lowest BCUT2D eigenvalue weighted by atomic mass is 9.85. The highest BCUT2D eigenvalue weighted by atomic mass is 16.5. The third-order valence-electron chi connectivity index (χ3n) is 4.29. The highest BCUT2D eigenvalue weighted by Crippen LogP contribution is 2.30. The highest BCUT2D eigenvalue weighted by molar-refractivity contribution is 5.25. The molecule has 2 atom stereocenters. The molecule has 112 valence electrons. The molecule has 20 heavy (non-hydrogen) atoms. The zero-order chi connectivity index (χ0) is 14.4. The lowest BCUT2D eigenvalue weighted by molar-refractivity contribution is 0.0855. The van der Waals surface area contributed by atoms with Crippen LogP contribution in [0.5, 0.6) is 5.88 Å². The molecule has 0 spiro atoms. The van der Waals surface area contributed by atoms with Crippen molar-refractivity contribution < 1.29 is 4.74 Å². The largest absolute Gasteiger partial charge is 0.474 e. The van der Waals surface area contributed by atoms with Gasteiger partial charge in [0, 0.05) is 18.3 Å². The van der Waals surface area contributed by atoms with Gasteiger partial charge in [-0.3, -0.25) is 0 Å². The molecule has 0 radical (unpaired) electrons. The quantitative estimate of drug-likeness (QED) is 0.858. The van der Waals surface area contributed by atoms with E-state index in [4.69, 9.17) is 10.5 Å². The van der Waals surface area contributed by atoms with Crippen LogP contribution in [0.2, 0.25) is 0 Å². The second-order valence-electron chi connectivity index (χ2n) is 5.87. The standard InChI is InChI=1S/C17H28N2O/c1-3-7-15-10-13(12-18)11-17(19-15)20-16-9-6-5-8-14(16)4-2/h10-11,14,16H,3-9,12,18H2,1-2H3. The average Bonchev–Trinajstić information content (AvgIpc) is 2.48. The summed E-state index contributed by atoms with van der Waals surface area (Å²) in [6, 6.07) is 4.12. The van der Waals surface area contributed by atoms with Crippen molar-refractivity contribution in [3.05, 3.63) is 23.4 Å². The molecule has 1 fully saturated rings. The fourth-order valence-electron chi connectivity index (χ4n) is 3.13. The maximum atomic E-state index is 6.22. The Hall–Kier alpha value is -1.09. The maximum absolute atomic E-state index is 6.22. The van der Waals surface area contributed by atoms with Gasteiger partial charge in [-0.25, -0.2) is 4.98 Å². The number of hydrogen-bond donors (Lipinski definition) is 1. The second kappa shape index (κ2) is 7.63. The summed E-state index contributed by atoms with van der Waals surface area (Å²) in [6.07, 6.45) is 8.70. The average molecular weight is 276 g/mol. The van der Waals surface area contributed by atoms with Crippen LogP contribution in [0.15, 0.2) is 12.1 Å². The van der Waals surface area contributed by atoms with Crippen LogP contribution >= 0.6 is 0 Å². The molecule has 0 bridgehead atoms. The first-order valence-electron chi connectivity index (χ1n) is 8.13. The smallest absolute Gasteiger partial charge is 0.214 e. The van der Waals surface area contributed by atoms with Crippen LogP contribution in [-0.4, -0.2) is 11.1 Å². The summed E-state index contributed by atoms with van der Waals surface area (Å²) >= 11 is 0. The van der Waals surface area contributed by atoms with Gasteiger partial charge in [0.1, 0.15) is 6.10 Å². The van der Waals surface area contributed by atoms with Crippen molar-refractivity contribution in [1.29, 1.82) is 0 Å². The normalized spacial score (nSPS) is 22.8. The molecule has 3 nitrogen and oxygen atoms in total. The maximum Gasteiger partial charge on any atom is 0.214 e. The van der Waals surface area contributed by atoms with Crippen LogP contribution in [0.3, 0.4) is 0 Å². The van der Waals surface area contributed by atoms with E-state index in [1.54, 1.807) is 0 Å². The summed E-state index contributed by atoms with van der Waals surface area (Å²) in [4.78, 5) is 4.66. The van der Waals surface area contributed by atoms with Gasteiger partial charge in [-0.05, 0) is 49.7 Å². The molecule has 1 aliphatic carbocycles. The van der Waals surface area contributed by atoms with Crippen molar-refractivity contribution in [3.63, 3.8) is 0 Å². The topological polar surface area (TPSA) is 48.1 Å². The number of aromatic nitrogens is 1. The van der Waals surface area contributed by atoms with Crippen molar-refractivity contribution in [2.75, 3.05) is 0 Å². The predicted molar refractivity (Wildman–Crippen MR) is 82.8 cm³/mol. The van der Waals surface area contributed by atoms with E-state index >= 15 is 0 Å². The second-order valence-corrected chi connectivity index (χ2v) is 5.87. The minimum absolute atomic E-state index is 0.337. The van der Waals surface area contributed by atoms with Crippen molar-refractivity contribution >= 4 is 0 Å². The molecule has 2 N–H and O–H groups in total. The molecule has 2 rings (SSSR count). The molecule has 0 saturated heterocycles. The molecule has 1 aliphatic rings. The summed E-state index contributed by atoms with van der Waals surface area (Å²) in [6.45, 7) is 4.99. The zero-order valence-corrected chi connectivity index (χ0v) is 12.9. The Bertz CT molecular complexity index is 419. The van der Waals surface area contributed by atoms with Crippen molar-refractivity contribution in [2.45, 2.75) is 71.4 Å². The number of pyridine rings is 1. The van der Waals surface area contributed by atoms with E-state index in [9.17, 15) is 0 Å². The fraction of sp³-hybridized carbons (Fsp3) is 0.706. The summed E-state index contributed by atoms with van der Waals surface area (Å²) < 4.78 is 6.22. The third kappa shape index (κ3) is 3.95. The van der Waals surface area contributed by atoms with Crippen molar-refractivity contribution in [1.82, 2.24) is 4.98 Å². The van der Waals surface area contributed by atoms with Crippen LogP contribution in [-0.2, 0) is 13.0 Å². The minimum Gasteiger partial charge on any atom is -0.474 e. The van der Waals surface area contributed by atoms with Crippen molar-refractivity contribution in [3.8, 4) is 5.88 Å². The van der Waals surface area contributed by atoms with Crippen molar-refractivity contribution in [2.24, 2.45) is 11.7 Å². The summed E-state index contributed by atoms with van der Waals surface area (Å²) in [5.41, 5.74) is 8.02. The van der Waals surface area contributed by atoms with E-state index < -0.39 is 0 Å². The van der Waals surface area contributed by atoms with Crippen LogP contribution in [0.4, 0.5) is 0 Å². The number of nitrogens with two attached hydrogens (primary N) is 1. The van der Waals surface area contributed by atoms with E-state index in [-0.39, 0.29) is 0 Å². The van der Waals surface area contributed by atoms with Gasteiger partial charge in [-0.2, -0.15) is 0 Å². The predicted octanol–water partition coefficient (Wildman–Crippen LogP) is 3.84. The fourth-order valence-corrected chi connectivity index (χ4v) is 3.13. The molecule has 1 aromatic rings. The SMILES string of the molecule is CCCc1cc(CN)cc(OC2CCCCC2CC)n1. The molecular formula is C17H28N2O. The van der Waals surface area contributed by atoms with Gasteiger partial charge in [0.2, 0.25) is 5.88 Å². The van der Waals surface area contributed by atoms with Gasteiger partial charge in [-0.15, -0.1) is 0 Å². The Kier molecular flexibility index (Phi) is 5.84. The van der Waals surface area contributed by atoms with Gasteiger partial charge in [0.05, 0.1) is 0 Å². The third-order valence-corrected chi connectivity index (χ3v) is 4.29. The number of hydrogen-bond acceptors (Lipinski definition) is 3. The van der Waals surface area contributed by atoms with Crippen LogP contribution in [0, 0.1) is 5.92 Å². The Morgan fingerprint density at radius 1 is 1.25 bits per heavy atom. The lowest BCUT2D eigenvalue weighted by Crippen LogP contribution is -2.30. The zero-order valence-electron chi connectivity index (χ0n) is 12.9. The number of nitrogens with zero attached hydrogens (tertiary/aromatic N) is 1. The Morgan fingerprint density at radius 3 is 2.75 bits per heavy atom. The number of aryl methyl sites for hydroxylation is 1. The summed E-state index contributed by atoms with van der Waals surface area (Å²) in [5.74, 6) is 1.46. The first kappa shape index (κ1) is 15.3. The molecule has 2 unspecified atom stereocenters. The lowest BCUT2D eigenvalue weighted by Gasteiger charge is -2.31. The molecule has 0 aliphatic heterocycles. The first-order chi connectivity index (χ1) is 9.76. The van der Waals surface area contributed by atoms with Gasteiger partial charge in [0.15, 0.2) is 0 Å². The number of ether oxygens (including phenoxy) is 1. The number of rotatable bonds is 6. The van der Waals surface area contributed by atoms with E-state index in [2.05, 4.69) is 24.9 Å². The molecule has 0 amide bonds. The first-order valence-corrected chi connectivity index (χ1v) is 8.13. The van der Waals surface area contributed by atoms with E-state index in [1.807, 2.05) is 6.07 Å². The molecule has 3 heteroatoms. The van der Waals surface area contributed by atoms with E-state index in [1.165, 1.54) is 25.7 Å². The van der Waals surface area contributed by atoms with E-state index in [0.29, 0.717) is 18.6 Å². The van der Waals surface area contributed by atoms with Gasteiger partial charge < -0.3 is 10.5 Å². The molecule has 0 aromatic carbocycles. The monoisotopic (exact) mass is 276 g/mol. The van der Waals surface area contributed by atoms with Gasteiger partial charge in [0.25, 0.3) is 0 Å². The summed E-state index contributed by atoms with van der Waals surface area (Å²) in [7, 11) is 0. The highest BCUT2D eigenvalue weighted by Gasteiger charge is 2.25. The van der Waals surface area contributed by atoms with Crippen LogP contribution in [0.25, 0.3) is 0 Å². The summed E-state index contributed by atoms with van der Waals surface area (Å²) in [5, 5.41) is 0. The van der Waals surface area contributed by atoms with Gasteiger partial charge in [-0.1, -0.05) is 26.7 Å². The van der Waals surface area contributed by atoms with Crippen LogP contribution in [0.1, 0.15) is 63.6 Å². The molecule has 1 aromatic heterocycles. The molecule has 1 heterocycles. The minimum atomic E-state index is 0.337. The molecule has 1 saturated carbocycles. The Labute approximate surface area is 122 Å². The molecular weight excluding hydrogens is 248 g/mol. The van der Waals surface area contributed by atoms with Crippen LogP contribution < -0.4 is 10.5 Å². The van der Waals surface area contributed by atoms with E-state index in [0.717, 1.165) is 36.4 Å². The Balaban J connectivity index is 2.12.